The van der Waals surface area contributed by atoms with Crippen molar-refractivity contribution in [2.24, 2.45) is 0 Å². The molecule has 1 saturated heterocycles. The summed E-state index contributed by atoms with van der Waals surface area (Å²) in [5, 5.41) is 0. The molecule has 0 amide bonds. The van der Waals surface area contributed by atoms with E-state index in [0.717, 1.165) is 38.3 Å². The molecule has 1 atom stereocenters. The molecule has 5 heteroatoms. The van der Waals surface area contributed by atoms with E-state index in [-0.39, 0.29) is 11.4 Å². The number of esters is 1. The van der Waals surface area contributed by atoms with Crippen LogP contribution in [0.2, 0.25) is 0 Å². The highest BCUT2D eigenvalue weighted by Gasteiger charge is 2.15. The molecule has 1 unspecified atom stereocenters. The molecule has 0 radical (unpaired) electrons. The third-order valence-electron chi connectivity index (χ3n) is 3.44. The predicted octanol–water partition coefficient (Wildman–Crippen LogP) is 1.87. The minimum Gasteiger partial charge on any atom is -0.448 e. The Morgan fingerprint density at radius 1 is 1.35 bits per heavy atom. The van der Waals surface area contributed by atoms with Crippen molar-refractivity contribution in [1.29, 1.82) is 0 Å². The van der Waals surface area contributed by atoms with Crippen LogP contribution in [-0.4, -0.2) is 54.4 Å². The Morgan fingerprint density at radius 3 is 2.70 bits per heavy atom. The first-order valence-corrected chi connectivity index (χ1v) is 7.45. The first-order chi connectivity index (χ1) is 9.54. The number of hydrogen-bond donors (Lipinski definition) is 1. The van der Waals surface area contributed by atoms with Gasteiger partial charge in [-0.05, 0) is 31.7 Å². The molecule has 1 heterocycles. The maximum absolute atomic E-state index is 11.9. The van der Waals surface area contributed by atoms with Crippen molar-refractivity contribution in [3.8, 4) is 0 Å². The van der Waals surface area contributed by atoms with Gasteiger partial charge in [0.1, 0.15) is 5.44 Å². The van der Waals surface area contributed by atoms with Crippen molar-refractivity contribution in [3.63, 3.8) is 0 Å². The molecule has 0 aromatic heterocycles. The maximum Gasteiger partial charge on any atom is 0.339 e. The summed E-state index contributed by atoms with van der Waals surface area (Å²) in [6, 6.07) is 7.66. The lowest BCUT2D eigenvalue weighted by Gasteiger charge is -2.32. The van der Waals surface area contributed by atoms with Gasteiger partial charge >= 0.3 is 5.97 Å². The molecule has 1 aliphatic heterocycles. The number of ether oxygens (including phenoxy) is 1. The largest absolute Gasteiger partial charge is 0.448 e. The summed E-state index contributed by atoms with van der Waals surface area (Å²) in [6.07, 6.45) is 0. The summed E-state index contributed by atoms with van der Waals surface area (Å²) in [6.45, 7) is 6.94. The Kier molecular flexibility index (Phi) is 5.46. The van der Waals surface area contributed by atoms with Crippen LogP contribution in [0.25, 0.3) is 0 Å². The fourth-order valence-electron chi connectivity index (χ4n) is 2.28. The molecule has 20 heavy (non-hydrogen) atoms. The van der Waals surface area contributed by atoms with E-state index in [0.29, 0.717) is 5.56 Å². The van der Waals surface area contributed by atoms with Crippen LogP contribution in [0, 0.1) is 0 Å². The van der Waals surface area contributed by atoms with Crippen molar-refractivity contribution in [2.45, 2.75) is 18.9 Å². The summed E-state index contributed by atoms with van der Waals surface area (Å²) < 4.78 is 5.10. The van der Waals surface area contributed by atoms with Crippen LogP contribution in [0.15, 0.2) is 24.3 Å². The molecule has 1 aliphatic rings. The smallest absolute Gasteiger partial charge is 0.339 e. The van der Waals surface area contributed by atoms with Gasteiger partial charge in [0, 0.05) is 32.7 Å². The van der Waals surface area contributed by atoms with E-state index < -0.39 is 0 Å². The average Bonchev–Trinajstić information content (AvgIpc) is 2.41. The first-order valence-electron chi connectivity index (χ1n) is 6.93. The van der Waals surface area contributed by atoms with Crippen LogP contribution in [0.5, 0.6) is 0 Å². The van der Waals surface area contributed by atoms with Gasteiger partial charge in [0.2, 0.25) is 0 Å². The molecule has 1 aromatic carbocycles. The quantitative estimate of drug-likeness (QED) is 0.522. The standard InChI is InChI=1S/C15H22N2O2S/c1-12(20)19-15(18)14-5-3-4-13(10-14)11-17-8-6-16(2)7-9-17/h3-5,10,12,20H,6-9,11H2,1-2H3. The third-order valence-corrected chi connectivity index (χ3v) is 3.55. The second-order valence-electron chi connectivity index (χ2n) is 5.28. The highest BCUT2D eigenvalue weighted by molar-refractivity contribution is 7.80. The number of benzene rings is 1. The van der Waals surface area contributed by atoms with E-state index in [1.165, 1.54) is 0 Å². The van der Waals surface area contributed by atoms with Crippen LogP contribution >= 0.6 is 12.6 Å². The van der Waals surface area contributed by atoms with E-state index in [1.807, 2.05) is 12.1 Å². The molecule has 0 saturated carbocycles. The monoisotopic (exact) mass is 294 g/mol. The second kappa shape index (κ2) is 7.11. The first kappa shape index (κ1) is 15.4. The van der Waals surface area contributed by atoms with Gasteiger partial charge in [-0.1, -0.05) is 12.1 Å². The molecule has 0 bridgehead atoms. The molecular weight excluding hydrogens is 272 g/mol. The summed E-state index contributed by atoms with van der Waals surface area (Å²) in [5.74, 6) is -0.312. The minimum absolute atomic E-state index is 0.312. The van der Waals surface area contributed by atoms with Gasteiger partial charge in [0.25, 0.3) is 0 Å². The summed E-state index contributed by atoms with van der Waals surface area (Å²) >= 11 is 4.07. The number of nitrogens with zero attached hydrogens (tertiary/aromatic N) is 2. The van der Waals surface area contributed by atoms with E-state index >= 15 is 0 Å². The van der Waals surface area contributed by atoms with E-state index in [2.05, 4.69) is 35.5 Å². The number of carbonyl (C=O) groups excluding carboxylic acids is 1. The molecule has 2 rings (SSSR count). The van der Waals surface area contributed by atoms with Crippen molar-refractivity contribution in [2.75, 3.05) is 33.2 Å². The van der Waals surface area contributed by atoms with Crippen molar-refractivity contribution in [1.82, 2.24) is 9.80 Å². The summed E-state index contributed by atoms with van der Waals surface area (Å²) in [4.78, 5) is 16.6. The van der Waals surface area contributed by atoms with Crippen molar-refractivity contribution >= 4 is 18.6 Å². The minimum atomic E-state index is -0.385. The Hall–Kier alpha value is -1.04. The Labute approximate surface area is 126 Å². The van der Waals surface area contributed by atoms with Crippen LogP contribution in [0.1, 0.15) is 22.8 Å². The lowest BCUT2D eigenvalue weighted by Crippen LogP contribution is -2.43. The van der Waals surface area contributed by atoms with Crippen LogP contribution < -0.4 is 0 Å². The van der Waals surface area contributed by atoms with E-state index in [9.17, 15) is 4.79 Å². The zero-order valence-electron chi connectivity index (χ0n) is 12.1. The SMILES string of the molecule is CC(S)OC(=O)c1cccc(CN2CCN(C)CC2)c1. The number of thiol groups is 1. The Bertz CT molecular complexity index is 457. The second-order valence-corrected chi connectivity index (χ2v) is 6.01. The van der Waals surface area contributed by atoms with Gasteiger partial charge in [-0.25, -0.2) is 4.79 Å². The summed E-state index contributed by atoms with van der Waals surface area (Å²) in [7, 11) is 2.15. The lowest BCUT2D eigenvalue weighted by atomic mass is 10.1. The molecule has 1 aromatic rings. The van der Waals surface area contributed by atoms with Crippen LogP contribution in [-0.2, 0) is 11.3 Å². The topological polar surface area (TPSA) is 32.8 Å². The number of rotatable bonds is 4. The molecule has 1 fully saturated rings. The molecular formula is C15H22N2O2S. The van der Waals surface area contributed by atoms with Gasteiger partial charge in [-0.15, -0.1) is 12.6 Å². The normalized spacial score (nSPS) is 18.8. The fourth-order valence-corrected chi connectivity index (χ4v) is 2.38. The van der Waals surface area contributed by atoms with E-state index in [4.69, 9.17) is 4.74 Å². The predicted molar refractivity (Wildman–Crippen MR) is 83.1 cm³/mol. The highest BCUT2D eigenvalue weighted by atomic mass is 32.1. The number of likely N-dealkylation sites (N-methyl/N-ethyl adjacent to an activating group) is 1. The number of carbonyl (C=O) groups is 1. The molecule has 0 N–H and O–H groups in total. The average molecular weight is 294 g/mol. The van der Waals surface area contributed by atoms with Crippen LogP contribution in [0.4, 0.5) is 0 Å². The van der Waals surface area contributed by atoms with Crippen molar-refractivity contribution in [3.05, 3.63) is 35.4 Å². The fraction of sp³-hybridized carbons (Fsp3) is 0.533. The lowest BCUT2D eigenvalue weighted by molar-refractivity contribution is 0.0484. The third kappa shape index (κ3) is 4.51. The van der Waals surface area contributed by atoms with Gasteiger partial charge in [-0.2, -0.15) is 0 Å². The van der Waals surface area contributed by atoms with Gasteiger partial charge in [0.05, 0.1) is 5.56 Å². The zero-order chi connectivity index (χ0) is 14.5. The number of hydrogen-bond acceptors (Lipinski definition) is 5. The van der Waals surface area contributed by atoms with E-state index in [1.54, 1.807) is 13.0 Å². The number of piperazine rings is 1. The zero-order valence-corrected chi connectivity index (χ0v) is 13.0. The van der Waals surface area contributed by atoms with Crippen molar-refractivity contribution < 1.29 is 9.53 Å². The Morgan fingerprint density at radius 2 is 2.05 bits per heavy atom. The molecule has 110 valence electrons. The molecule has 4 nitrogen and oxygen atoms in total. The van der Waals surface area contributed by atoms with Gasteiger partial charge in [-0.3, -0.25) is 4.90 Å². The Balaban J connectivity index is 1.97. The van der Waals surface area contributed by atoms with Gasteiger partial charge < -0.3 is 9.64 Å². The highest BCUT2D eigenvalue weighted by Crippen LogP contribution is 2.12. The van der Waals surface area contributed by atoms with Crippen LogP contribution in [0.3, 0.4) is 0 Å². The maximum atomic E-state index is 11.9. The molecule has 0 spiro atoms. The molecule has 0 aliphatic carbocycles. The van der Waals surface area contributed by atoms with Gasteiger partial charge in [0.15, 0.2) is 0 Å². The summed E-state index contributed by atoms with van der Waals surface area (Å²) in [5.41, 5.74) is 1.36.